The molecule has 13 nitrogen and oxygen atoms in total. The van der Waals surface area contributed by atoms with E-state index in [2.05, 4.69) is 11.4 Å². The summed E-state index contributed by atoms with van der Waals surface area (Å²) in [5.41, 5.74) is 7.84. The molecule has 1 aliphatic heterocycles. The van der Waals surface area contributed by atoms with Crippen LogP contribution in [0.4, 0.5) is 15.8 Å². The van der Waals surface area contributed by atoms with Gasteiger partial charge in [-0.1, -0.05) is 121 Å². The zero-order valence-corrected chi connectivity index (χ0v) is 38.0. The Balaban J connectivity index is 0.853. The number of fused-ring (bicyclic) bond motifs is 2. The molecule has 0 bridgehead atoms. The van der Waals surface area contributed by atoms with E-state index in [1.54, 1.807) is 6.07 Å². The SMILES string of the molecule is Cn1nc(-c2ccc(OCc3ccccc3)nc2OCc2ccccc2)c2ccc(-c3ccc(CC(=O)Nc4ccc5c(F)c(N6CC(=O)NS6(=O)=O)c(OCc6ccccc6)cc5c4)cc3)cc21. The second-order valence-corrected chi connectivity index (χ2v) is 18.1. The third-order valence-electron chi connectivity index (χ3n) is 11.6. The molecular weight excluding hydrogens is 896 g/mol. The first kappa shape index (κ1) is 44.3. The van der Waals surface area contributed by atoms with Crippen molar-refractivity contribution in [2.24, 2.45) is 7.05 Å². The predicted molar refractivity (Wildman–Crippen MR) is 262 cm³/mol. The van der Waals surface area contributed by atoms with Crippen LogP contribution in [-0.2, 0) is 53.1 Å². The first-order valence-electron chi connectivity index (χ1n) is 22.0. The number of rotatable bonds is 15. The Labute approximate surface area is 396 Å². The van der Waals surface area contributed by atoms with E-state index in [0.717, 1.165) is 55.5 Å². The van der Waals surface area contributed by atoms with Gasteiger partial charge in [-0.05, 0) is 81.2 Å². The van der Waals surface area contributed by atoms with E-state index in [1.807, 2.05) is 156 Å². The minimum Gasteiger partial charge on any atom is -0.487 e. The molecular formula is C54H43FN6O7S. The largest absolute Gasteiger partial charge is 0.487 e. The van der Waals surface area contributed by atoms with Crippen molar-refractivity contribution in [2.45, 2.75) is 26.2 Å². The summed E-state index contributed by atoms with van der Waals surface area (Å²) in [6.45, 7) is 0.0832. The Bertz CT molecular complexity index is 3490. The highest BCUT2D eigenvalue weighted by molar-refractivity contribution is 7.92. The highest BCUT2D eigenvalue weighted by Crippen LogP contribution is 2.41. The quantitative estimate of drug-likeness (QED) is 0.102. The number of benzene rings is 7. The van der Waals surface area contributed by atoms with Gasteiger partial charge in [0.2, 0.25) is 17.7 Å². The van der Waals surface area contributed by atoms with Gasteiger partial charge in [-0.15, -0.1) is 0 Å². The molecule has 1 aliphatic rings. The standard InChI is InChI=1S/C54H43FN6O7S/c1-60-46-29-40(21-23-44(46)52(58-60)45-25-26-50(67-33-37-13-7-3-8-14-37)57-54(45)68-34-38-15-9-4-10-16-38)39-19-17-35(18-20-39)27-48(62)56-42-22-24-43-41(28-42)30-47(66-32-36-11-5-2-6-12-36)53(51(43)55)61-31-49(63)59-69(61,64)65/h2-26,28-30H,27,31-34H2,1H3,(H,56,62)(H,59,63). The highest BCUT2D eigenvalue weighted by atomic mass is 32.2. The van der Waals surface area contributed by atoms with Crippen molar-refractivity contribution in [3.63, 3.8) is 0 Å². The third kappa shape index (κ3) is 9.67. The average Bonchev–Trinajstić information content (AvgIpc) is 3.84. The second kappa shape index (κ2) is 19.0. The number of amides is 2. The maximum Gasteiger partial charge on any atom is 0.326 e. The smallest absolute Gasteiger partial charge is 0.326 e. The molecule has 3 heterocycles. The van der Waals surface area contributed by atoms with E-state index >= 15 is 4.39 Å². The van der Waals surface area contributed by atoms with Crippen LogP contribution in [0.2, 0.25) is 0 Å². The van der Waals surface area contributed by atoms with Crippen LogP contribution in [0.15, 0.2) is 170 Å². The average molecular weight is 939 g/mol. The lowest BCUT2D eigenvalue weighted by Gasteiger charge is -2.21. The molecule has 0 aliphatic carbocycles. The fourth-order valence-corrected chi connectivity index (χ4v) is 9.38. The van der Waals surface area contributed by atoms with Gasteiger partial charge >= 0.3 is 10.2 Å². The van der Waals surface area contributed by atoms with Crippen molar-refractivity contribution in [1.29, 1.82) is 0 Å². The lowest BCUT2D eigenvalue weighted by atomic mass is 10.0. The maximum absolute atomic E-state index is 16.3. The fourth-order valence-electron chi connectivity index (χ4n) is 8.22. The Hall–Kier alpha value is -8.56. The van der Waals surface area contributed by atoms with Gasteiger partial charge in [0.1, 0.15) is 43.5 Å². The number of hydrogen-bond acceptors (Lipinski definition) is 9. The molecule has 0 unspecified atom stereocenters. The molecule has 0 saturated carbocycles. The highest BCUT2D eigenvalue weighted by Gasteiger charge is 2.38. The number of carbonyl (C=O) groups excluding carboxylic acids is 2. The zero-order valence-electron chi connectivity index (χ0n) is 37.1. The van der Waals surface area contributed by atoms with Crippen LogP contribution in [0, 0.1) is 5.82 Å². The van der Waals surface area contributed by atoms with Crippen molar-refractivity contribution in [1.82, 2.24) is 19.5 Å². The molecule has 10 rings (SSSR count). The van der Waals surface area contributed by atoms with Crippen molar-refractivity contribution >= 4 is 55.1 Å². The van der Waals surface area contributed by atoms with Crippen molar-refractivity contribution in [3.05, 3.63) is 198 Å². The van der Waals surface area contributed by atoms with Gasteiger partial charge in [-0.2, -0.15) is 18.5 Å². The number of aryl methyl sites for hydroxylation is 1. The number of hydrogen-bond donors (Lipinski definition) is 2. The molecule has 1 fully saturated rings. The normalized spacial score (nSPS) is 13.1. The number of aromatic nitrogens is 3. The van der Waals surface area contributed by atoms with Gasteiger partial charge < -0.3 is 19.5 Å². The van der Waals surface area contributed by atoms with E-state index in [-0.39, 0.29) is 35.8 Å². The summed E-state index contributed by atoms with van der Waals surface area (Å²) >= 11 is 0. The van der Waals surface area contributed by atoms with Crippen molar-refractivity contribution in [2.75, 3.05) is 16.2 Å². The number of nitrogens with zero attached hydrogens (tertiary/aromatic N) is 4. The van der Waals surface area contributed by atoms with Crippen LogP contribution in [0.5, 0.6) is 17.5 Å². The fraction of sp³-hybridized carbons (Fsp3) is 0.111. The van der Waals surface area contributed by atoms with Gasteiger partial charge in [0, 0.05) is 29.6 Å². The first-order chi connectivity index (χ1) is 33.5. The molecule has 7 aromatic carbocycles. The molecule has 0 spiro atoms. The molecule has 1 saturated heterocycles. The van der Waals surface area contributed by atoms with Crippen LogP contribution < -0.4 is 28.6 Å². The molecule has 2 aromatic heterocycles. The van der Waals surface area contributed by atoms with Gasteiger partial charge in [0.15, 0.2) is 5.82 Å². The van der Waals surface area contributed by atoms with Gasteiger partial charge in [-0.3, -0.25) is 14.3 Å². The topological polar surface area (TPSA) is 154 Å². The summed E-state index contributed by atoms with van der Waals surface area (Å²) in [4.78, 5) is 30.3. The Morgan fingerprint density at radius 1 is 0.696 bits per heavy atom. The van der Waals surface area contributed by atoms with E-state index < -0.39 is 28.5 Å². The van der Waals surface area contributed by atoms with E-state index in [9.17, 15) is 18.0 Å². The Morgan fingerprint density at radius 3 is 1.97 bits per heavy atom. The molecule has 9 aromatic rings. The first-order valence-corrected chi connectivity index (χ1v) is 23.5. The molecule has 344 valence electrons. The molecule has 15 heteroatoms. The van der Waals surface area contributed by atoms with Crippen LogP contribution >= 0.6 is 0 Å². The number of halogens is 1. The summed E-state index contributed by atoms with van der Waals surface area (Å²) in [6, 6.07) is 52.6. The minimum atomic E-state index is -4.35. The Morgan fingerprint density at radius 2 is 1.32 bits per heavy atom. The number of pyridine rings is 1. The third-order valence-corrected chi connectivity index (χ3v) is 13.0. The summed E-state index contributed by atoms with van der Waals surface area (Å²) in [6.07, 6.45) is 0.0633. The van der Waals surface area contributed by atoms with E-state index in [4.69, 9.17) is 24.3 Å². The van der Waals surface area contributed by atoms with Crippen LogP contribution in [0.25, 0.3) is 44.1 Å². The second-order valence-electron chi connectivity index (χ2n) is 16.5. The van der Waals surface area contributed by atoms with Gasteiger partial charge in [0.25, 0.3) is 5.91 Å². The molecule has 69 heavy (non-hydrogen) atoms. The molecule has 0 atom stereocenters. The van der Waals surface area contributed by atoms with Crippen LogP contribution in [-0.4, -0.2) is 41.5 Å². The van der Waals surface area contributed by atoms with Crippen molar-refractivity contribution in [3.8, 4) is 39.9 Å². The summed E-state index contributed by atoms with van der Waals surface area (Å²) in [5, 5.41) is 9.18. The minimum absolute atomic E-state index is 0.00837. The number of ether oxygens (including phenoxy) is 3. The Kier molecular flexibility index (Phi) is 12.2. The lowest BCUT2D eigenvalue weighted by molar-refractivity contribution is -0.117. The molecule has 2 amide bonds. The maximum atomic E-state index is 16.3. The molecule has 2 N–H and O–H groups in total. The van der Waals surface area contributed by atoms with Gasteiger partial charge in [-0.25, -0.2) is 13.4 Å². The van der Waals surface area contributed by atoms with E-state index in [1.165, 1.54) is 18.2 Å². The van der Waals surface area contributed by atoms with Crippen molar-refractivity contribution < 1.29 is 36.6 Å². The number of nitrogens with one attached hydrogen (secondary N) is 2. The summed E-state index contributed by atoms with van der Waals surface area (Å²) < 4.78 is 64.8. The lowest BCUT2D eigenvalue weighted by Crippen LogP contribution is -2.30. The zero-order chi connectivity index (χ0) is 47.5. The summed E-state index contributed by atoms with van der Waals surface area (Å²) in [7, 11) is -2.45. The van der Waals surface area contributed by atoms with Crippen LogP contribution in [0.1, 0.15) is 22.3 Å². The number of carbonyl (C=O) groups is 2. The number of anilines is 2. The van der Waals surface area contributed by atoms with Crippen LogP contribution in [0.3, 0.4) is 0 Å². The predicted octanol–water partition coefficient (Wildman–Crippen LogP) is 9.69. The monoisotopic (exact) mass is 938 g/mol. The molecule has 0 radical (unpaired) electrons. The van der Waals surface area contributed by atoms with Gasteiger partial charge in [0.05, 0.1) is 17.5 Å². The summed E-state index contributed by atoms with van der Waals surface area (Å²) in [5.74, 6) is -1.21. The van der Waals surface area contributed by atoms with E-state index in [0.29, 0.717) is 40.4 Å².